The Kier molecular flexibility index (Phi) is 1.10. The number of hydrogen-bond acceptors (Lipinski definition) is 0. The third-order valence-corrected chi connectivity index (χ3v) is 8.56. The third kappa shape index (κ3) is 0.527. The highest BCUT2D eigenvalue weighted by Crippen LogP contribution is 2.88. The first-order valence-electron chi connectivity index (χ1n) is 7.92. The summed E-state index contributed by atoms with van der Waals surface area (Å²) in [5.74, 6) is 13.9. The lowest BCUT2D eigenvalue weighted by Crippen LogP contribution is -2.85. The normalized spacial score (nSPS) is 79.7. The number of rotatable bonds is 1. The minimum absolute atomic E-state index is 1.17. The first kappa shape index (κ1) is 8.16. The highest BCUT2D eigenvalue weighted by molar-refractivity contribution is 5.30. The summed E-state index contributed by atoms with van der Waals surface area (Å²) in [6.45, 7) is 2.43. The van der Waals surface area contributed by atoms with Crippen LogP contribution in [-0.4, -0.2) is 0 Å². The Morgan fingerprint density at radius 1 is 0.688 bits per heavy atom. The Balaban J connectivity index is 1.31. The summed E-state index contributed by atoms with van der Waals surface area (Å²) in [5, 5.41) is 0. The molecule has 0 saturated heterocycles. The Hall–Kier alpha value is 0. The molecular formula is C16H22. The van der Waals surface area contributed by atoms with Gasteiger partial charge in [-0.1, -0.05) is 13.3 Å². The van der Waals surface area contributed by atoms with E-state index in [1.54, 1.807) is 19.3 Å². The molecule has 0 radical (unpaired) electrons. The van der Waals surface area contributed by atoms with Crippen molar-refractivity contribution in [3.63, 3.8) is 0 Å². The second kappa shape index (κ2) is 2.15. The molecule has 6 aliphatic carbocycles. The first-order valence-corrected chi connectivity index (χ1v) is 7.92. The minimum Gasteiger partial charge on any atom is -0.0651 e. The molecular weight excluding hydrogens is 192 g/mol. The summed E-state index contributed by atoms with van der Waals surface area (Å²) in [4.78, 5) is 0. The molecule has 0 heterocycles. The number of hydrogen-bond donors (Lipinski definition) is 0. The van der Waals surface area contributed by atoms with Crippen molar-refractivity contribution in [1.29, 1.82) is 0 Å². The van der Waals surface area contributed by atoms with Gasteiger partial charge in [0.15, 0.2) is 0 Å². The van der Waals surface area contributed by atoms with E-state index in [4.69, 9.17) is 0 Å². The predicted molar refractivity (Wildman–Crippen MR) is 62.5 cm³/mol. The quantitative estimate of drug-likeness (QED) is 0.587. The fourth-order valence-electron chi connectivity index (χ4n) is 7.99. The van der Waals surface area contributed by atoms with Crippen LogP contribution >= 0.6 is 0 Å². The van der Waals surface area contributed by atoms with Crippen LogP contribution in [0.15, 0.2) is 0 Å². The lowest BCUT2D eigenvalue weighted by molar-refractivity contribution is -0.418. The summed E-state index contributed by atoms with van der Waals surface area (Å²) >= 11 is 0. The van der Waals surface area contributed by atoms with Crippen molar-refractivity contribution >= 4 is 0 Å². The molecule has 0 aliphatic heterocycles. The molecule has 6 fully saturated rings. The van der Waals surface area contributed by atoms with E-state index in [2.05, 4.69) is 6.92 Å². The average molecular weight is 214 g/mol. The molecule has 0 spiro atoms. The zero-order chi connectivity index (χ0) is 10.2. The van der Waals surface area contributed by atoms with Gasteiger partial charge in [-0.2, -0.15) is 0 Å². The van der Waals surface area contributed by atoms with Gasteiger partial charge >= 0.3 is 0 Å². The Labute approximate surface area is 98.2 Å². The summed E-state index contributed by atoms with van der Waals surface area (Å²) in [5.41, 5.74) is 0. The van der Waals surface area contributed by atoms with Gasteiger partial charge in [0.2, 0.25) is 0 Å². The van der Waals surface area contributed by atoms with Gasteiger partial charge in [0, 0.05) is 0 Å². The average Bonchev–Trinajstić information content (AvgIpc) is 2.22. The maximum Gasteiger partial charge on any atom is -0.0312 e. The van der Waals surface area contributed by atoms with Gasteiger partial charge in [0.25, 0.3) is 0 Å². The summed E-state index contributed by atoms with van der Waals surface area (Å²) < 4.78 is 0. The van der Waals surface area contributed by atoms with Crippen LogP contribution in [0, 0.1) is 65.1 Å². The van der Waals surface area contributed by atoms with Crippen molar-refractivity contribution in [3.05, 3.63) is 0 Å². The van der Waals surface area contributed by atoms with E-state index >= 15 is 0 Å². The van der Waals surface area contributed by atoms with E-state index in [0.29, 0.717) is 0 Å². The molecule has 6 rings (SSSR count). The van der Waals surface area contributed by atoms with Crippen molar-refractivity contribution in [2.24, 2.45) is 65.1 Å². The fourth-order valence-corrected chi connectivity index (χ4v) is 7.99. The van der Waals surface area contributed by atoms with Gasteiger partial charge in [0.05, 0.1) is 0 Å². The van der Waals surface area contributed by atoms with Crippen molar-refractivity contribution in [3.8, 4) is 0 Å². The highest BCUT2D eigenvalue weighted by Gasteiger charge is 2.83. The van der Waals surface area contributed by atoms with E-state index < -0.39 is 0 Å². The molecule has 0 aromatic rings. The van der Waals surface area contributed by atoms with Gasteiger partial charge in [-0.05, 0) is 84.4 Å². The van der Waals surface area contributed by atoms with Crippen LogP contribution in [0.3, 0.4) is 0 Å². The van der Waals surface area contributed by atoms with Gasteiger partial charge in [-0.15, -0.1) is 0 Å². The molecule has 0 bridgehead atoms. The third-order valence-electron chi connectivity index (χ3n) is 8.56. The van der Waals surface area contributed by atoms with Crippen LogP contribution in [0.4, 0.5) is 0 Å². The molecule has 11 atom stereocenters. The van der Waals surface area contributed by atoms with Gasteiger partial charge in [-0.25, -0.2) is 0 Å². The van der Waals surface area contributed by atoms with Crippen LogP contribution in [0.2, 0.25) is 0 Å². The molecule has 0 N–H and O–H groups in total. The Morgan fingerprint density at radius 3 is 1.88 bits per heavy atom. The largest absolute Gasteiger partial charge is 0.0651 e. The molecule has 6 aliphatic rings. The van der Waals surface area contributed by atoms with Crippen LogP contribution in [-0.2, 0) is 0 Å². The molecule has 86 valence electrons. The van der Waals surface area contributed by atoms with Crippen molar-refractivity contribution in [2.75, 3.05) is 0 Å². The van der Waals surface area contributed by atoms with Crippen molar-refractivity contribution in [1.82, 2.24) is 0 Å². The molecule has 6 saturated carbocycles. The van der Waals surface area contributed by atoms with Crippen LogP contribution in [0.5, 0.6) is 0 Å². The maximum atomic E-state index is 2.43. The van der Waals surface area contributed by atoms with Gasteiger partial charge in [-0.3, -0.25) is 0 Å². The van der Waals surface area contributed by atoms with E-state index in [1.165, 1.54) is 71.5 Å². The predicted octanol–water partition coefficient (Wildman–Crippen LogP) is 3.43. The molecule has 11 unspecified atom stereocenters. The summed E-state index contributed by atoms with van der Waals surface area (Å²) in [6.07, 6.45) is 6.37. The molecule has 0 aromatic carbocycles. The zero-order valence-electron chi connectivity index (χ0n) is 10.2. The molecule has 0 nitrogen and oxygen atoms in total. The van der Waals surface area contributed by atoms with E-state index in [1.807, 2.05) is 0 Å². The minimum atomic E-state index is 1.17. The van der Waals surface area contributed by atoms with Crippen LogP contribution in [0.1, 0.15) is 32.6 Å². The van der Waals surface area contributed by atoms with Crippen molar-refractivity contribution < 1.29 is 0 Å². The molecule has 16 heavy (non-hydrogen) atoms. The summed E-state index contributed by atoms with van der Waals surface area (Å²) in [7, 11) is 0. The lowest BCUT2D eigenvalue weighted by Gasteiger charge is -2.89. The molecule has 0 heteroatoms. The first-order chi connectivity index (χ1) is 7.92. The lowest BCUT2D eigenvalue weighted by atomic mass is 9.16. The SMILES string of the molecule is CCC1CC2C1C1C2C2C3C4CCC4C3C12. The Bertz CT molecular complexity index is 379. The Morgan fingerprint density at radius 2 is 1.25 bits per heavy atom. The maximum absolute atomic E-state index is 2.43. The topological polar surface area (TPSA) is 0 Å². The zero-order valence-corrected chi connectivity index (χ0v) is 10.2. The smallest absolute Gasteiger partial charge is 0.0312 e. The van der Waals surface area contributed by atoms with E-state index in [0.717, 1.165) is 0 Å². The molecule has 0 aromatic heterocycles. The fraction of sp³-hybridized carbons (Fsp3) is 1.00. The highest BCUT2D eigenvalue weighted by atomic mass is 14.9. The van der Waals surface area contributed by atoms with Gasteiger partial charge in [0.1, 0.15) is 0 Å². The number of fused-ring (bicyclic) bond motifs is 13. The van der Waals surface area contributed by atoms with Crippen molar-refractivity contribution in [2.45, 2.75) is 32.6 Å². The van der Waals surface area contributed by atoms with Crippen LogP contribution < -0.4 is 0 Å². The molecule has 0 amide bonds. The van der Waals surface area contributed by atoms with Gasteiger partial charge < -0.3 is 0 Å². The van der Waals surface area contributed by atoms with E-state index in [-0.39, 0.29) is 0 Å². The second-order valence-electron chi connectivity index (χ2n) is 8.01. The summed E-state index contributed by atoms with van der Waals surface area (Å²) in [6, 6.07) is 0. The monoisotopic (exact) mass is 214 g/mol. The van der Waals surface area contributed by atoms with E-state index in [9.17, 15) is 0 Å². The second-order valence-corrected chi connectivity index (χ2v) is 8.01. The van der Waals surface area contributed by atoms with Crippen LogP contribution in [0.25, 0.3) is 0 Å². The standard InChI is InChI=1S/C16H22/c1-2-6-5-9-10(6)14-13(9)15-11-7-3-4-8(7)12(11)16(14)15/h6-16H,2-5H2,1H3.